The largest absolute Gasteiger partial charge is 0.478 e. The molecular weight excluding hydrogens is 396 g/mol. The van der Waals surface area contributed by atoms with E-state index in [0.717, 1.165) is 43.5 Å². The number of carboxylic acid groups (broad SMARTS) is 1. The number of carbonyl (C=O) groups is 2. The normalized spacial score (nSPS) is 18.8. The Morgan fingerprint density at radius 1 is 1.16 bits per heavy atom. The molecule has 1 saturated heterocycles. The van der Waals surface area contributed by atoms with Gasteiger partial charge < -0.3 is 10.0 Å². The number of likely N-dealkylation sites (tertiary alicyclic amines) is 1. The molecule has 1 fully saturated rings. The molecule has 166 valence electrons. The molecule has 0 saturated carbocycles. The molecule has 0 bridgehead atoms. The number of rotatable bonds is 4. The molecule has 2 aliphatic heterocycles. The summed E-state index contributed by atoms with van der Waals surface area (Å²) in [7, 11) is 0. The van der Waals surface area contributed by atoms with Crippen molar-refractivity contribution in [2.45, 2.75) is 70.9 Å². The van der Waals surface area contributed by atoms with Crippen LogP contribution in [0.5, 0.6) is 0 Å². The van der Waals surface area contributed by atoms with Gasteiger partial charge in [-0.1, -0.05) is 32.9 Å². The van der Waals surface area contributed by atoms with Crippen LogP contribution in [0.2, 0.25) is 0 Å². The van der Waals surface area contributed by atoms with E-state index in [-0.39, 0.29) is 29.1 Å². The van der Waals surface area contributed by atoms with Gasteiger partial charge in [0.1, 0.15) is 11.9 Å². The highest BCUT2D eigenvalue weighted by atomic mass is 16.4. The van der Waals surface area contributed by atoms with Crippen molar-refractivity contribution >= 4 is 11.9 Å². The Hall–Kier alpha value is -2.90. The van der Waals surface area contributed by atoms with Gasteiger partial charge in [0, 0.05) is 19.5 Å². The Kier molecular flexibility index (Phi) is 5.49. The van der Waals surface area contributed by atoms with Crippen molar-refractivity contribution in [3.8, 4) is 0 Å². The number of carbonyl (C=O) groups excluding carboxylic acids is 1. The minimum atomic E-state index is -0.964. The van der Waals surface area contributed by atoms with E-state index in [2.05, 4.69) is 5.10 Å². The standard InChI is InChI=1S/C23H30N4O4/c1-23(2,3)17-13-15(9-10-16(17)21(29)30)14-26-22(31)27-18(7-6-8-19(27)24-26)20(28)25-11-4-5-12-25/h9-10,13,18H,4-8,11-12,14H2,1-3H3,(H,29,30). The lowest BCUT2D eigenvalue weighted by atomic mass is 9.83. The van der Waals surface area contributed by atoms with Gasteiger partial charge in [0.15, 0.2) is 0 Å². The Balaban J connectivity index is 1.66. The first kappa shape index (κ1) is 21.3. The fraction of sp³-hybridized carbons (Fsp3) is 0.565. The summed E-state index contributed by atoms with van der Waals surface area (Å²) in [6.45, 7) is 7.67. The summed E-state index contributed by atoms with van der Waals surface area (Å²) in [4.78, 5) is 39.7. The number of carboxylic acids is 1. The van der Waals surface area contributed by atoms with Crippen LogP contribution in [0.3, 0.4) is 0 Å². The molecule has 1 aromatic carbocycles. The lowest BCUT2D eigenvalue weighted by Gasteiger charge is -2.27. The molecule has 1 aromatic heterocycles. The average Bonchev–Trinajstić information content (AvgIpc) is 3.35. The van der Waals surface area contributed by atoms with E-state index in [9.17, 15) is 19.5 Å². The lowest BCUT2D eigenvalue weighted by molar-refractivity contribution is -0.134. The topological polar surface area (TPSA) is 97.4 Å². The van der Waals surface area contributed by atoms with E-state index in [1.54, 1.807) is 16.7 Å². The number of hydrogen-bond acceptors (Lipinski definition) is 4. The van der Waals surface area contributed by atoms with Crippen molar-refractivity contribution < 1.29 is 14.7 Å². The van der Waals surface area contributed by atoms with Crippen molar-refractivity contribution in [2.75, 3.05) is 13.1 Å². The van der Waals surface area contributed by atoms with Crippen LogP contribution in [0.4, 0.5) is 0 Å². The van der Waals surface area contributed by atoms with Gasteiger partial charge in [-0.05, 0) is 48.3 Å². The smallest absolute Gasteiger partial charge is 0.346 e. The number of fused-ring (bicyclic) bond motifs is 1. The van der Waals surface area contributed by atoms with Crippen molar-refractivity contribution in [1.29, 1.82) is 0 Å². The first-order valence-electron chi connectivity index (χ1n) is 11.0. The summed E-state index contributed by atoms with van der Waals surface area (Å²) in [5.74, 6) is -0.276. The van der Waals surface area contributed by atoms with Gasteiger partial charge in [-0.25, -0.2) is 14.3 Å². The zero-order valence-electron chi connectivity index (χ0n) is 18.4. The van der Waals surface area contributed by atoms with Gasteiger partial charge in [0.05, 0.1) is 12.1 Å². The highest BCUT2D eigenvalue weighted by Gasteiger charge is 2.34. The molecule has 8 nitrogen and oxygen atoms in total. The van der Waals surface area contributed by atoms with Crippen LogP contribution in [0.1, 0.15) is 79.8 Å². The number of benzene rings is 1. The molecule has 2 aromatic rings. The van der Waals surface area contributed by atoms with Crippen LogP contribution in [-0.4, -0.2) is 49.3 Å². The third-order valence-corrected chi connectivity index (χ3v) is 6.29. The molecule has 1 N–H and O–H groups in total. The first-order chi connectivity index (χ1) is 14.7. The second kappa shape index (κ2) is 7.98. The van der Waals surface area contributed by atoms with Crippen LogP contribution in [0.25, 0.3) is 0 Å². The monoisotopic (exact) mass is 426 g/mol. The maximum atomic E-state index is 13.2. The molecular formula is C23H30N4O4. The highest BCUT2D eigenvalue weighted by molar-refractivity contribution is 5.90. The summed E-state index contributed by atoms with van der Waals surface area (Å²) in [6.07, 6.45) is 4.21. The number of aryl methyl sites for hydroxylation is 1. The van der Waals surface area contributed by atoms with E-state index in [0.29, 0.717) is 18.7 Å². The van der Waals surface area contributed by atoms with Crippen LogP contribution in [0, 0.1) is 0 Å². The molecule has 31 heavy (non-hydrogen) atoms. The fourth-order valence-electron chi connectivity index (χ4n) is 4.69. The van der Waals surface area contributed by atoms with Crippen LogP contribution < -0.4 is 5.69 Å². The van der Waals surface area contributed by atoms with Crippen molar-refractivity contribution in [1.82, 2.24) is 19.2 Å². The minimum absolute atomic E-state index is 0.0286. The molecule has 3 heterocycles. The van der Waals surface area contributed by atoms with Gasteiger partial charge in [-0.15, -0.1) is 0 Å². The van der Waals surface area contributed by atoms with Crippen molar-refractivity contribution in [3.05, 3.63) is 51.2 Å². The number of aromatic carboxylic acids is 1. The zero-order valence-corrected chi connectivity index (χ0v) is 18.4. The predicted octanol–water partition coefficient (Wildman–Crippen LogP) is 2.59. The minimum Gasteiger partial charge on any atom is -0.478 e. The van der Waals surface area contributed by atoms with Gasteiger partial charge in [0.2, 0.25) is 5.91 Å². The summed E-state index contributed by atoms with van der Waals surface area (Å²) in [5.41, 5.74) is 1.18. The summed E-state index contributed by atoms with van der Waals surface area (Å²) in [5, 5.41) is 14.1. The van der Waals surface area contributed by atoms with Crippen LogP contribution in [-0.2, 0) is 23.2 Å². The van der Waals surface area contributed by atoms with Crippen LogP contribution in [0.15, 0.2) is 23.0 Å². The van der Waals surface area contributed by atoms with Crippen LogP contribution >= 0.6 is 0 Å². The van der Waals surface area contributed by atoms with Gasteiger partial charge in [-0.3, -0.25) is 9.36 Å². The zero-order chi connectivity index (χ0) is 22.3. The Morgan fingerprint density at radius 3 is 2.52 bits per heavy atom. The fourth-order valence-corrected chi connectivity index (χ4v) is 4.69. The lowest BCUT2D eigenvalue weighted by Crippen LogP contribution is -2.41. The quantitative estimate of drug-likeness (QED) is 0.810. The molecule has 8 heteroatoms. The van der Waals surface area contributed by atoms with Crippen molar-refractivity contribution in [3.63, 3.8) is 0 Å². The number of amides is 1. The van der Waals surface area contributed by atoms with E-state index in [1.165, 1.54) is 4.68 Å². The molecule has 2 aliphatic rings. The molecule has 1 amide bonds. The van der Waals surface area contributed by atoms with E-state index >= 15 is 0 Å². The summed E-state index contributed by atoms with van der Waals surface area (Å²) in [6, 6.07) is 4.71. The van der Waals surface area contributed by atoms with E-state index in [4.69, 9.17) is 0 Å². The maximum Gasteiger partial charge on any atom is 0.346 e. The number of aromatic nitrogens is 3. The van der Waals surface area contributed by atoms with Gasteiger partial charge in [-0.2, -0.15) is 5.10 Å². The van der Waals surface area contributed by atoms with Gasteiger partial charge in [0.25, 0.3) is 0 Å². The van der Waals surface area contributed by atoms with Crippen molar-refractivity contribution in [2.24, 2.45) is 0 Å². The molecule has 0 spiro atoms. The Bertz CT molecular complexity index is 1070. The van der Waals surface area contributed by atoms with E-state index < -0.39 is 12.0 Å². The molecule has 1 unspecified atom stereocenters. The SMILES string of the molecule is CC(C)(C)c1cc(Cn2nc3n(c2=O)C(C(=O)N2CCCC2)CCC3)ccc1C(=O)O. The molecule has 4 rings (SSSR count). The molecule has 0 radical (unpaired) electrons. The summed E-state index contributed by atoms with van der Waals surface area (Å²) < 4.78 is 2.99. The summed E-state index contributed by atoms with van der Waals surface area (Å²) >= 11 is 0. The Morgan fingerprint density at radius 2 is 1.87 bits per heavy atom. The van der Waals surface area contributed by atoms with Gasteiger partial charge >= 0.3 is 11.7 Å². The number of hydrogen-bond donors (Lipinski definition) is 1. The highest BCUT2D eigenvalue weighted by Crippen LogP contribution is 2.28. The van der Waals surface area contributed by atoms with E-state index in [1.807, 2.05) is 31.7 Å². The average molecular weight is 427 g/mol. The second-order valence-electron chi connectivity index (χ2n) is 9.60. The Labute approximate surface area is 181 Å². The maximum absolute atomic E-state index is 13.2. The number of nitrogens with zero attached hydrogens (tertiary/aromatic N) is 4. The third kappa shape index (κ3) is 4.03. The molecule has 1 atom stereocenters. The predicted molar refractivity (Wildman–Crippen MR) is 115 cm³/mol. The third-order valence-electron chi connectivity index (χ3n) is 6.29. The molecule has 0 aliphatic carbocycles. The first-order valence-corrected chi connectivity index (χ1v) is 11.0. The second-order valence-corrected chi connectivity index (χ2v) is 9.60.